The topological polar surface area (TPSA) is 103 Å². The van der Waals surface area contributed by atoms with Crippen LogP contribution in [0.3, 0.4) is 0 Å². The molecular weight excluding hydrogens is 444 g/mol. The maximum atomic E-state index is 12.5. The van der Waals surface area contributed by atoms with E-state index in [-0.39, 0.29) is 24.5 Å². The lowest BCUT2D eigenvalue weighted by atomic mass is 10.1. The Hall–Kier alpha value is -3.92. The van der Waals surface area contributed by atoms with Gasteiger partial charge in [-0.2, -0.15) is 0 Å². The van der Waals surface area contributed by atoms with Crippen LogP contribution in [-0.2, 0) is 9.59 Å². The third-order valence-electron chi connectivity index (χ3n) is 5.35. The molecule has 1 saturated heterocycles. The second kappa shape index (κ2) is 8.91. The highest BCUT2D eigenvalue weighted by Gasteiger charge is 2.34. The first kappa shape index (κ1) is 21.0. The molecule has 2 aliphatic rings. The van der Waals surface area contributed by atoms with Crippen LogP contribution in [0.1, 0.15) is 22.9 Å². The van der Waals surface area contributed by atoms with E-state index in [0.717, 1.165) is 22.0 Å². The largest absolute Gasteiger partial charge is 0.497 e. The molecule has 10 heteroatoms. The molecule has 9 nitrogen and oxygen atoms in total. The Kier molecular flexibility index (Phi) is 5.66. The highest BCUT2D eigenvalue weighted by atomic mass is 32.1. The van der Waals surface area contributed by atoms with E-state index in [1.807, 2.05) is 30.3 Å². The van der Waals surface area contributed by atoms with Gasteiger partial charge in [-0.15, -0.1) is 10.2 Å². The second-order valence-electron chi connectivity index (χ2n) is 7.48. The molecular formula is C23H20N4O5S. The zero-order chi connectivity index (χ0) is 22.8. The molecule has 0 aliphatic carbocycles. The standard InChI is InChI=1S/C23H20N4O5S/c1-30-17-6-4-16(5-7-17)27-12-15(11-21(27)29)22-25-26-23(33-22)24-20(28)9-3-14-2-8-18-19(10-14)32-13-31-18/h2-10,15H,11-13H2,1H3,(H,24,26,28)/b9-3+. The van der Waals surface area contributed by atoms with Crippen molar-refractivity contribution in [2.24, 2.45) is 0 Å². The Balaban J connectivity index is 1.20. The van der Waals surface area contributed by atoms with Gasteiger partial charge < -0.3 is 19.1 Å². The number of nitrogens with one attached hydrogen (secondary N) is 1. The van der Waals surface area contributed by atoms with E-state index in [4.69, 9.17) is 14.2 Å². The maximum absolute atomic E-state index is 12.5. The molecule has 3 heterocycles. The Morgan fingerprint density at radius 1 is 1.18 bits per heavy atom. The SMILES string of the molecule is COc1ccc(N2CC(c3nnc(NC(=O)/C=C/c4ccc5c(c4)OCO5)s3)CC2=O)cc1. The monoisotopic (exact) mass is 464 g/mol. The highest BCUT2D eigenvalue weighted by Crippen LogP contribution is 2.35. The lowest BCUT2D eigenvalue weighted by molar-refractivity contribution is -0.117. The Labute approximate surface area is 193 Å². The van der Waals surface area contributed by atoms with Crippen LogP contribution >= 0.6 is 11.3 Å². The van der Waals surface area contributed by atoms with E-state index in [9.17, 15) is 9.59 Å². The summed E-state index contributed by atoms with van der Waals surface area (Å²) < 4.78 is 15.8. The van der Waals surface area contributed by atoms with Crippen molar-refractivity contribution in [3.63, 3.8) is 0 Å². The third kappa shape index (κ3) is 4.51. The zero-order valence-electron chi connectivity index (χ0n) is 17.7. The number of fused-ring (bicyclic) bond motifs is 1. The van der Waals surface area contributed by atoms with Gasteiger partial charge in [0.15, 0.2) is 11.5 Å². The number of methoxy groups -OCH3 is 1. The molecule has 0 saturated carbocycles. The molecule has 168 valence electrons. The summed E-state index contributed by atoms with van der Waals surface area (Å²) in [6, 6.07) is 12.8. The molecule has 0 spiro atoms. The van der Waals surface area contributed by atoms with Crippen molar-refractivity contribution < 1.29 is 23.8 Å². The van der Waals surface area contributed by atoms with Crippen LogP contribution in [0.5, 0.6) is 17.2 Å². The van der Waals surface area contributed by atoms with Crippen molar-refractivity contribution in [1.29, 1.82) is 0 Å². The number of hydrogen-bond acceptors (Lipinski definition) is 8. The lowest BCUT2D eigenvalue weighted by Gasteiger charge is -2.16. The summed E-state index contributed by atoms with van der Waals surface area (Å²) in [5.74, 6) is 1.70. The molecule has 5 rings (SSSR count). The summed E-state index contributed by atoms with van der Waals surface area (Å²) in [7, 11) is 1.60. The van der Waals surface area contributed by atoms with E-state index in [1.54, 1.807) is 30.2 Å². The van der Waals surface area contributed by atoms with Crippen LogP contribution in [0, 0.1) is 0 Å². The van der Waals surface area contributed by atoms with Crippen molar-refractivity contribution >= 4 is 40.0 Å². The summed E-state index contributed by atoms with van der Waals surface area (Å²) in [6.45, 7) is 0.713. The lowest BCUT2D eigenvalue weighted by Crippen LogP contribution is -2.24. The molecule has 2 aliphatic heterocycles. The van der Waals surface area contributed by atoms with Gasteiger partial charge in [-0.1, -0.05) is 17.4 Å². The molecule has 1 atom stereocenters. The molecule has 1 fully saturated rings. The fraction of sp³-hybridized carbons (Fsp3) is 0.217. The van der Waals surface area contributed by atoms with E-state index < -0.39 is 0 Å². The van der Waals surface area contributed by atoms with Crippen molar-refractivity contribution in [2.75, 3.05) is 30.7 Å². The average molecular weight is 465 g/mol. The van der Waals surface area contributed by atoms with Gasteiger partial charge in [0.05, 0.1) is 7.11 Å². The third-order valence-corrected chi connectivity index (χ3v) is 6.35. The van der Waals surface area contributed by atoms with E-state index >= 15 is 0 Å². The van der Waals surface area contributed by atoms with Crippen LogP contribution < -0.4 is 24.4 Å². The fourth-order valence-corrected chi connectivity index (χ4v) is 4.51. The van der Waals surface area contributed by atoms with Crippen LogP contribution in [0.4, 0.5) is 10.8 Å². The first-order valence-electron chi connectivity index (χ1n) is 10.3. The molecule has 2 amide bonds. The number of benzene rings is 2. The van der Waals surface area contributed by atoms with Gasteiger partial charge in [0.2, 0.25) is 23.7 Å². The molecule has 1 N–H and O–H groups in total. The van der Waals surface area contributed by atoms with Gasteiger partial charge in [0, 0.05) is 30.6 Å². The van der Waals surface area contributed by atoms with Gasteiger partial charge in [0.1, 0.15) is 10.8 Å². The summed E-state index contributed by atoms with van der Waals surface area (Å²) in [5.41, 5.74) is 1.63. The summed E-state index contributed by atoms with van der Waals surface area (Å²) in [6.07, 6.45) is 3.45. The molecule has 1 aromatic heterocycles. The molecule has 2 aromatic carbocycles. The number of carbonyl (C=O) groups is 2. The molecule has 0 radical (unpaired) electrons. The zero-order valence-corrected chi connectivity index (χ0v) is 18.5. The predicted molar refractivity (Wildman–Crippen MR) is 123 cm³/mol. The first-order chi connectivity index (χ1) is 16.1. The number of nitrogens with zero attached hydrogens (tertiary/aromatic N) is 3. The van der Waals surface area contributed by atoms with E-state index in [1.165, 1.54) is 17.4 Å². The minimum atomic E-state index is -0.322. The van der Waals surface area contributed by atoms with Crippen LogP contribution in [0.2, 0.25) is 0 Å². The van der Waals surface area contributed by atoms with Crippen LogP contribution in [0.15, 0.2) is 48.5 Å². The van der Waals surface area contributed by atoms with E-state index in [2.05, 4.69) is 15.5 Å². The van der Waals surface area contributed by atoms with Crippen LogP contribution in [0.25, 0.3) is 6.08 Å². The van der Waals surface area contributed by atoms with Crippen LogP contribution in [-0.4, -0.2) is 42.5 Å². The van der Waals surface area contributed by atoms with Gasteiger partial charge in [0.25, 0.3) is 0 Å². The Morgan fingerprint density at radius 2 is 2.00 bits per heavy atom. The van der Waals surface area contributed by atoms with Gasteiger partial charge >= 0.3 is 0 Å². The number of aromatic nitrogens is 2. The summed E-state index contributed by atoms with van der Waals surface area (Å²) in [5, 5.41) is 12.1. The van der Waals surface area contributed by atoms with Crippen molar-refractivity contribution in [2.45, 2.75) is 12.3 Å². The number of carbonyl (C=O) groups excluding carboxylic acids is 2. The minimum Gasteiger partial charge on any atom is -0.497 e. The summed E-state index contributed by atoms with van der Waals surface area (Å²) in [4.78, 5) is 26.6. The normalized spacial score (nSPS) is 17.1. The van der Waals surface area contributed by atoms with E-state index in [0.29, 0.717) is 29.6 Å². The number of rotatable bonds is 6. The van der Waals surface area contributed by atoms with Gasteiger partial charge in [-0.25, -0.2) is 0 Å². The molecule has 0 bridgehead atoms. The molecule has 33 heavy (non-hydrogen) atoms. The highest BCUT2D eigenvalue weighted by molar-refractivity contribution is 7.15. The molecule has 1 unspecified atom stereocenters. The average Bonchev–Trinajstić information content (AvgIpc) is 3.57. The quantitative estimate of drug-likeness (QED) is 0.558. The van der Waals surface area contributed by atoms with Crippen molar-refractivity contribution in [1.82, 2.24) is 10.2 Å². The second-order valence-corrected chi connectivity index (χ2v) is 8.49. The Bertz CT molecular complexity index is 1220. The number of ether oxygens (including phenoxy) is 3. The van der Waals surface area contributed by atoms with Crippen molar-refractivity contribution in [3.8, 4) is 17.2 Å². The smallest absolute Gasteiger partial charge is 0.250 e. The maximum Gasteiger partial charge on any atom is 0.250 e. The van der Waals surface area contributed by atoms with Crippen molar-refractivity contribution in [3.05, 3.63) is 59.1 Å². The molecule has 3 aromatic rings. The number of anilines is 2. The summed E-state index contributed by atoms with van der Waals surface area (Å²) >= 11 is 1.28. The van der Waals surface area contributed by atoms with Gasteiger partial charge in [-0.3, -0.25) is 14.9 Å². The van der Waals surface area contributed by atoms with Gasteiger partial charge in [-0.05, 0) is 48.0 Å². The first-order valence-corrected chi connectivity index (χ1v) is 11.1. The Morgan fingerprint density at radius 3 is 2.82 bits per heavy atom. The number of amides is 2. The minimum absolute atomic E-state index is 0.0256. The fourth-order valence-electron chi connectivity index (χ4n) is 3.67. The predicted octanol–water partition coefficient (Wildman–Crippen LogP) is 3.45. The number of hydrogen-bond donors (Lipinski definition) is 1.